The van der Waals surface area contributed by atoms with Gasteiger partial charge in [0.25, 0.3) is 0 Å². The Kier molecular flexibility index (Phi) is 3.90. The molecule has 100 valence electrons. The zero-order chi connectivity index (χ0) is 13.8. The first-order chi connectivity index (χ1) is 9.10. The molecule has 0 aliphatic rings. The van der Waals surface area contributed by atoms with E-state index in [1.807, 2.05) is 18.0 Å². The number of anilines is 1. The Labute approximate surface area is 111 Å². The summed E-state index contributed by atoms with van der Waals surface area (Å²) in [4.78, 5) is 1.97. The number of aromatic hydroxyl groups is 1. The average molecular weight is 261 g/mol. The quantitative estimate of drug-likeness (QED) is 0.917. The minimum absolute atomic E-state index is 0.118. The Morgan fingerprint density at radius 2 is 1.84 bits per heavy atom. The Balaban J connectivity index is 2.12. The lowest BCUT2D eigenvalue weighted by molar-refractivity contribution is 0.373. The van der Waals surface area contributed by atoms with Crippen molar-refractivity contribution in [3.05, 3.63) is 53.8 Å². The van der Waals surface area contributed by atoms with Crippen LogP contribution in [0.15, 0.2) is 42.5 Å². The van der Waals surface area contributed by atoms with Crippen LogP contribution in [0.25, 0.3) is 0 Å². The number of phenolic OH excluding ortho intramolecular Hbond substituents is 1. The van der Waals surface area contributed by atoms with E-state index in [-0.39, 0.29) is 11.6 Å². The molecule has 0 atom stereocenters. The summed E-state index contributed by atoms with van der Waals surface area (Å²) in [5, 5.41) is 9.72. The second-order valence-electron chi connectivity index (χ2n) is 4.34. The molecule has 0 unspecified atom stereocenters. The van der Waals surface area contributed by atoms with E-state index >= 15 is 0 Å². The van der Waals surface area contributed by atoms with Crippen molar-refractivity contribution in [2.24, 2.45) is 0 Å². The van der Waals surface area contributed by atoms with Gasteiger partial charge in [-0.25, -0.2) is 4.39 Å². The number of hydrogen-bond donors (Lipinski definition) is 1. The zero-order valence-electron chi connectivity index (χ0n) is 10.9. The number of phenols is 1. The van der Waals surface area contributed by atoms with Crippen LogP contribution in [0.2, 0.25) is 0 Å². The summed E-state index contributed by atoms with van der Waals surface area (Å²) in [5.74, 6) is 0.319. The highest BCUT2D eigenvalue weighted by atomic mass is 19.1. The molecule has 1 N–H and O–H groups in total. The van der Waals surface area contributed by atoms with Crippen LogP contribution in [0.4, 0.5) is 10.1 Å². The van der Waals surface area contributed by atoms with E-state index in [4.69, 9.17) is 4.74 Å². The van der Waals surface area contributed by atoms with Gasteiger partial charge in [0.15, 0.2) is 11.5 Å². The molecule has 2 aromatic carbocycles. The van der Waals surface area contributed by atoms with E-state index in [1.165, 1.54) is 19.2 Å². The van der Waals surface area contributed by atoms with Crippen molar-refractivity contribution in [2.45, 2.75) is 6.54 Å². The van der Waals surface area contributed by atoms with Gasteiger partial charge in [0.05, 0.1) is 7.11 Å². The van der Waals surface area contributed by atoms with Gasteiger partial charge in [0.1, 0.15) is 5.82 Å². The zero-order valence-corrected chi connectivity index (χ0v) is 10.9. The van der Waals surface area contributed by atoms with E-state index in [0.717, 1.165) is 11.3 Å². The summed E-state index contributed by atoms with van der Waals surface area (Å²) >= 11 is 0. The van der Waals surface area contributed by atoms with Gasteiger partial charge in [0.2, 0.25) is 0 Å². The van der Waals surface area contributed by atoms with Crippen molar-refractivity contribution < 1.29 is 14.2 Å². The van der Waals surface area contributed by atoms with Gasteiger partial charge < -0.3 is 14.7 Å². The summed E-state index contributed by atoms with van der Waals surface area (Å²) < 4.78 is 17.8. The highest BCUT2D eigenvalue weighted by Gasteiger charge is 2.06. The second kappa shape index (κ2) is 5.61. The summed E-state index contributed by atoms with van der Waals surface area (Å²) in [6, 6.07) is 11.6. The van der Waals surface area contributed by atoms with Crippen molar-refractivity contribution >= 4 is 5.69 Å². The molecule has 0 aliphatic carbocycles. The molecule has 0 saturated carbocycles. The molecule has 0 aliphatic heterocycles. The third kappa shape index (κ3) is 3.16. The lowest BCUT2D eigenvalue weighted by Crippen LogP contribution is -2.16. The first-order valence-electron chi connectivity index (χ1n) is 5.92. The molecule has 3 nitrogen and oxygen atoms in total. The molecule has 2 rings (SSSR count). The Hall–Kier alpha value is -2.23. The van der Waals surface area contributed by atoms with Gasteiger partial charge in [0, 0.05) is 19.3 Å². The van der Waals surface area contributed by atoms with E-state index in [0.29, 0.717) is 12.3 Å². The van der Waals surface area contributed by atoms with Crippen LogP contribution >= 0.6 is 0 Å². The molecule has 19 heavy (non-hydrogen) atoms. The third-order valence-corrected chi connectivity index (χ3v) is 2.93. The minimum Gasteiger partial charge on any atom is -0.504 e. The molecule has 0 radical (unpaired) electrons. The van der Waals surface area contributed by atoms with Gasteiger partial charge in [-0.2, -0.15) is 0 Å². The van der Waals surface area contributed by atoms with Crippen molar-refractivity contribution in [3.8, 4) is 11.5 Å². The average Bonchev–Trinajstić information content (AvgIpc) is 2.39. The van der Waals surface area contributed by atoms with Crippen LogP contribution < -0.4 is 9.64 Å². The van der Waals surface area contributed by atoms with Crippen LogP contribution in [-0.2, 0) is 6.54 Å². The molecular formula is C15H16FNO2. The van der Waals surface area contributed by atoms with Gasteiger partial charge in [-0.05, 0) is 42.0 Å². The molecule has 0 heterocycles. The van der Waals surface area contributed by atoms with Gasteiger partial charge in [-0.3, -0.25) is 0 Å². The summed E-state index contributed by atoms with van der Waals surface area (Å²) in [5.41, 5.74) is 1.86. The predicted molar refractivity (Wildman–Crippen MR) is 73.2 cm³/mol. The summed E-state index contributed by atoms with van der Waals surface area (Å²) in [7, 11) is 3.42. The number of rotatable bonds is 4. The molecule has 0 spiro atoms. The molecule has 4 heteroatoms. The molecule has 0 fully saturated rings. The fourth-order valence-corrected chi connectivity index (χ4v) is 1.89. The van der Waals surface area contributed by atoms with Crippen LogP contribution in [0.1, 0.15) is 5.56 Å². The van der Waals surface area contributed by atoms with Crippen molar-refractivity contribution in [2.75, 3.05) is 19.1 Å². The van der Waals surface area contributed by atoms with Crippen LogP contribution in [0, 0.1) is 5.82 Å². The monoisotopic (exact) mass is 261 g/mol. The lowest BCUT2D eigenvalue weighted by atomic mass is 10.2. The first kappa shape index (κ1) is 13.2. The van der Waals surface area contributed by atoms with Crippen molar-refractivity contribution in [1.82, 2.24) is 0 Å². The van der Waals surface area contributed by atoms with Crippen molar-refractivity contribution in [3.63, 3.8) is 0 Å². The first-order valence-corrected chi connectivity index (χ1v) is 5.92. The summed E-state index contributed by atoms with van der Waals surface area (Å²) in [6.45, 7) is 0.614. The van der Waals surface area contributed by atoms with E-state index in [2.05, 4.69) is 0 Å². The smallest absolute Gasteiger partial charge is 0.160 e. The second-order valence-corrected chi connectivity index (χ2v) is 4.34. The molecule has 0 bridgehead atoms. The Bertz CT molecular complexity index is 555. The fraction of sp³-hybridized carbons (Fsp3) is 0.200. The fourth-order valence-electron chi connectivity index (χ4n) is 1.89. The highest BCUT2D eigenvalue weighted by Crippen LogP contribution is 2.27. The maximum absolute atomic E-state index is 12.8. The summed E-state index contributed by atoms with van der Waals surface area (Å²) in [6.07, 6.45) is 0. The number of benzene rings is 2. The number of nitrogens with zero attached hydrogens (tertiary/aromatic N) is 1. The lowest BCUT2D eigenvalue weighted by Gasteiger charge is -2.19. The van der Waals surface area contributed by atoms with Crippen LogP contribution in [-0.4, -0.2) is 19.3 Å². The Morgan fingerprint density at radius 1 is 1.16 bits per heavy atom. The standard InChI is InChI=1S/C15H16FNO2/c1-17(13-6-4-12(16)5-7-13)10-11-3-8-15(19-2)14(18)9-11/h3-9,18H,10H2,1-2H3. The molecule has 0 saturated heterocycles. The van der Waals surface area contributed by atoms with E-state index in [9.17, 15) is 9.50 Å². The maximum Gasteiger partial charge on any atom is 0.160 e. The normalized spacial score (nSPS) is 10.3. The third-order valence-electron chi connectivity index (χ3n) is 2.93. The largest absolute Gasteiger partial charge is 0.504 e. The SMILES string of the molecule is COc1ccc(CN(C)c2ccc(F)cc2)cc1O. The van der Waals surface area contributed by atoms with E-state index < -0.39 is 0 Å². The van der Waals surface area contributed by atoms with Gasteiger partial charge in [-0.15, -0.1) is 0 Å². The topological polar surface area (TPSA) is 32.7 Å². The number of halogens is 1. The molecule has 2 aromatic rings. The molecule has 0 aromatic heterocycles. The molecule has 0 amide bonds. The molecular weight excluding hydrogens is 245 g/mol. The van der Waals surface area contributed by atoms with Crippen LogP contribution in [0.3, 0.4) is 0 Å². The number of methoxy groups -OCH3 is 1. The number of ether oxygens (including phenoxy) is 1. The van der Waals surface area contributed by atoms with Crippen molar-refractivity contribution in [1.29, 1.82) is 0 Å². The van der Waals surface area contributed by atoms with Gasteiger partial charge in [-0.1, -0.05) is 6.07 Å². The predicted octanol–water partition coefficient (Wildman–Crippen LogP) is 3.18. The van der Waals surface area contributed by atoms with Crippen LogP contribution in [0.5, 0.6) is 11.5 Å². The highest BCUT2D eigenvalue weighted by molar-refractivity contribution is 5.48. The number of hydrogen-bond acceptors (Lipinski definition) is 3. The maximum atomic E-state index is 12.8. The van der Waals surface area contributed by atoms with E-state index in [1.54, 1.807) is 24.3 Å². The van der Waals surface area contributed by atoms with Gasteiger partial charge >= 0.3 is 0 Å². The minimum atomic E-state index is -0.251. The Morgan fingerprint density at radius 3 is 2.42 bits per heavy atom.